The molecular weight excluding hydrogens is 100 g/mol. The molecule has 0 saturated carbocycles. The molecule has 0 spiro atoms. The van der Waals surface area contributed by atoms with Crippen molar-refractivity contribution >= 4 is 6.21 Å². The first-order valence-corrected chi connectivity index (χ1v) is 2.75. The van der Waals surface area contributed by atoms with E-state index in [4.69, 9.17) is 0 Å². The molecule has 0 aromatic rings. The minimum Gasteiger partial charge on any atom is -0.368 e. The van der Waals surface area contributed by atoms with Gasteiger partial charge in [0.1, 0.15) is 6.17 Å². The highest BCUT2D eigenvalue weighted by Gasteiger charge is 1.97. The van der Waals surface area contributed by atoms with Crippen molar-refractivity contribution in [3.05, 3.63) is 11.8 Å². The Morgan fingerprint density at radius 1 is 1.75 bits per heavy atom. The highest BCUT2D eigenvalue weighted by atomic mass is 15.1. The Morgan fingerprint density at radius 2 is 2.50 bits per heavy atom. The van der Waals surface area contributed by atoms with E-state index in [1.807, 2.05) is 26.1 Å². The molecule has 0 amide bonds. The fourth-order valence-electron chi connectivity index (χ4n) is 0.699. The smallest absolute Gasteiger partial charge is 0.115 e. The molecule has 0 bridgehead atoms. The lowest BCUT2D eigenvalue weighted by atomic mass is 10.4. The van der Waals surface area contributed by atoms with Gasteiger partial charge in [-0.15, -0.1) is 0 Å². The maximum atomic E-state index is 4.07. The van der Waals surface area contributed by atoms with Crippen molar-refractivity contribution in [1.82, 2.24) is 5.32 Å². The van der Waals surface area contributed by atoms with E-state index in [2.05, 4.69) is 10.3 Å². The van der Waals surface area contributed by atoms with Crippen LogP contribution in [0.3, 0.4) is 0 Å². The van der Waals surface area contributed by atoms with Gasteiger partial charge >= 0.3 is 0 Å². The highest BCUT2D eigenvalue weighted by molar-refractivity contribution is 5.72. The summed E-state index contributed by atoms with van der Waals surface area (Å²) >= 11 is 0. The van der Waals surface area contributed by atoms with Crippen LogP contribution in [0.4, 0.5) is 0 Å². The average Bonchev–Trinajstić information content (AvgIpc) is 1.64. The minimum atomic E-state index is 0.264. The van der Waals surface area contributed by atoms with Crippen molar-refractivity contribution in [2.45, 2.75) is 20.0 Å². The first-order chi connectivity index (χ1) is 3.79. The summed E-state index contributed by atoms with van der Waals surface area (Å²) in [4.78, 5) is 4.07. The van der Waals surface area contributed by atoms with Gasteiger partial charge in [0.15, 0.2) is 0 Å². The molecule has 0 radical (unpaired) electrons. The lowest BCUT2D eigenvalue weighted by Gasteiger charge is -2.13. The molecule has 2 heteroatoms. The summed E-state index contributed by atoms with van der Waals surface area (Å²) in [6.45, 7) is 4.05. The van der Waals surface area contributed by atoms with Crippen LogP contribution in [0, 0.1) is 0 Å². The van der Waals surface area contributed by atoms with Crippen molar-refractivity contribution in [2.75, 3.05) is 0 Å². The van der Waals surface area contributed by atoms with Crippen LogP contribution in [0.1, 0.15) is 13.8 Å². The van der Waals surface area contributed by atoms with Crippen molar-refractivity contribution in [3.8, 4) is 0 Å². The molecule has 2 nitrogen and oxygen atoms in total. The third kappa shape index (κ3) is 1.09. The monoisotopic (exact) mass is 110 g/mol. The molecule has 1 rings (SSSR count). The second kappa shape index (κ2) is 1.99. The molecule has 1 atom stereocenters. The van der Waals surface area contributed by atoms with Crippen LogP contribution in [-0.4, -0.2) is 12.4 Å². The van der Waals surface area contributed by atoms with E-state index < -0.39 is 0 Å². The average molecular weight is 110 g/mol. The largest absolute Gasteiger partial charge is 0.368 e. The zero-order chi connectivity index (χ0) is 5.98. The first kappa shape index (κ1) is 5.35. The molecule has 0 saturated heterocycles. The number of rotatable bonds is 0. The van der Waals surface area contributed by atoms with E-state index in [9.17, 15) is 0 Å². The third-order valence-corrected chi connectivity index (χ3v) is 1.07. The van der Waals surface area contributed by atoms with Crippen LogP contribution in [0.15, 0.2) is 16.8 Å². The Morgan fingerprint density at radius 3 is 2.88 bits per heavy atom. The highest BCUT2D eigenvalue weighted by Crippen LogP contribution is 1.95. The van der Waals surface area contributed by atoms with Crippen LogP contribution < -0.4 is 5.32 Å². The maximum Gasteiger partial charge on any atom is 0.115 e. The quantitative estimate of drug-likeness (QED) is 0.492. The number of nitrogens with one attached hydrogen (secondary N) is 1. The summed E-state index contributed by atoms with van der Waals surface area (Å²) < 4.78 is 0. The van der Waals surface area contributed by atoms with E-state index in [1.165, 1.54) is 5.70 Å². The molecule has 1 heterocycles. The van der Waals surface area contributed by atoms with Crippen LogP contribution in [0.5, 0.6) is 0 Å². The second-order valence-electron chi connectivity index (χ2n) is 1.97. The number of nitrogens with zero attached hydrogens (tertiary/aromatic N) is 1. The SMILES string of the molecule is CC1=CC=NC(C)N1. The summed E-state index contributed by atoms with van der Waals surface area (Å²) in [5.41, 5.74) is 1.19. The molecule has 44 valence electrons. The molecule has 0 aliphatic carbocycles. The Hall–Kier alpha value is -0.790. The fourth-order valence-corrected chi connectivity index (χ4v) is 0.699. The summed E-state index contributed by atoms with van der Waals surface area (Å²) in [7, 11) is 0. The van der Waals surface area contributed by atoms with Gasteiger partial charge in [-0.25, -0.2) is 0 Å². The summed E-state index contributed by atoms with van der Waals surface area (Å²) in [6.07, 6.45) is 4.05. The molecule has 0 aromatic carbocycles. The Labute approximate surface area is 49.3 Å². The van der Waals surface area contributed by atoms with Gasteiger partial charge in [-0.2, -0.15) is 0 Å². The zero-order valence-corrected chi connectivity index (χ0v) is 5.18. The van der Waals surface area contributed by atoms with E-state index >= 15 is 0 Å². The molecule has 1 N–H and O–H groups in total. The van der Waals surface area contributed by atoms with Crippen LogP contribution in [0.2, 0.25) is 0 Å². The predicted octanol–water partition coefficient (Wildman–Crippen LogP) is 0.910. The second-order valence-corrected chi connectivity index (χ2v) is 1.97. The number of hydrogen-bond donors (Lipinski definition) is 1. The van der Waals surface area contributed by atoms with Crippen molar-refractivity contribution < 1.29 is 0 Å². The van der Waals surface area contributed by atoms with Crippen LogP contribution >= 0.6 is 0 Å². The van der Waals surface area contributed by atoms with Crippen molar-refractivity contribution in [3.63, 3.8) is 0 Å². The van der Waals surface area contributed by atoms with E-state index in [0.717, 1.165) is 0 Å². The standard InChI is InChI=1S/C6H10N2/c1-5-3-4-7-6(2)8-5/h3-4,6,8H,1-2H3. The van der Waals surface area contributed by atoms with Crippen molar-refractivity contribution in [1.29, 1.82) is 0 Å². The van der Waals surface area contributed by atoms with Crippen LogP contribution in [0.25, 0.3) is 0 Å². The maximum absolute atomic E-state index is 4.07. The lowest BCUT2D eigenvalue weighted by Crippen LogP contribution is -2.24. The summed E-state index contributed by atoms with van der Waals surface area (Å²) in [6, 6.07) is 0. The zero-order valence-electron chi connectivity index (χ0n) is 5.18. The molecular formula is C6H10N2. The molecule has 0 aromatic heterocycles. The van der Waals surface area contributed by atoms with E-state index in [0.29, 0.717) is 0 Å². The number of allylic oxidation sites excluding steroid dienone is 2. The van der Waals surface area contributed by atoms with Crippen molar-refractivity contribution in [2.24, 2.45) is 4.99 Å². The molecule has 0 fully saturated rings. The van der Waals surface area contributed by atoms with E-state index in [-0.39, 0.29) is 6.17 Å². The molecule has 8 heavy (non-hydrogen) atoms. The Balaban J connectivity index is 2.59. The van der Waals surface area contributed by atoms with Gasteiger partial charge in [-0.1, -0.05) is 0 Å². The summed E-state index contributed by atoms with van der Waals surface area (Å²) in [5, 5.41) is 3.14. The topological polar surface area (TPSA) is 24.4 Å². The molecule has 1 aliphatic heterocycles. The van der Waals surface area contributed by atoms with E-state index in [1.54, 1.807) is 0 Å². The first-order valence-electron chi connectivity index (χ1n) is 2.75. The Kier molecular flexibility index (Phi) is 1.33. The van der Waals surface area contributed by atoms with Gasteiger partial charge in [0.25, 0.3) is 0 Å². The van der Waals surface area contributed by atoms with Gasteiger partial charge in [-0.05, 0) is 19.9 Å². The minimum absolute atomic E-state index is 0.264. The predicted molar refractivity (Wildman–Crippen MR) is 34.8 cm³/mol. The van der Waals surface area contributed by atoms with Gasteiger partial charge in [0, 0.05) is 11.9 Å². The van der Waals surface area contributed by atoms with Gasteiger partial charge < -0.3 is 5.32 Å². The van der Waals surface area contributed by atoms with Gasteiger partial charge in [0.05, 0.1) is 0 Å². The van der Waals surface area contributed by atoms with Crippen LogP contribution in [-0.2, 0) is 0 Å². The fraction of sp³-hybridized carbons (Fsp3) is 0.500. The lowest BCUT2D eigenvalue weighted by molar-refractivity contribution is 0.639. The number of hydrogen-bond acceptors (Lipinski definition) is 2. The Bertz CT molecular complexity index is 135. The van der Waals surface area contributed by atoms with Gasteiger partial charge in [-0.3, -0.25) is 4.99 Å². The number of aliphatic imine (C=N–C) groups is 1. The summed E-state index contributed by atoms with van der Waals surface area (Å²) in [5.74, 6) is 0. The third-order valence-electron chi connectivity index (χ3n) is 1.07. The molecule has 1 aliphatic rings. The van der Waals surface area contributed by atoms with Gasteiger partial charge in [0.2, 0.25) is 0 Å². The normalized spacial score (nSPS) is 26.8. The molecule has 1 unspecified atom stereocenters.